The zero-order valence-corrected chi connectivity index (χ0v) is 38.6. The number of aromatic nitrogens is 2. The van der Waals surface area contributed by atoms with E-state index in [-0.39, 0.29) is 0 Å². The molecule has 2 aromatic rings. The Morgan fingerprint density at radius 3 is 1.46 bits per heavy atom. The van der Waals surface area contributed by atoms with E-state index < -0.39 is 34.8 Å². The molecule has 2 aromatic heterocycles. The Morgan fingerprint density at radius 2 is 1.07 bits per heavy atom. The number of nitrogens with zero attached hydrogens (tertiary/aromatic N) is 4. The molecule has 0 fully saturated rings. The molecule has 0 saturated heterocycles. The summed E-state index contributed by atoms with van der Waals surface area (Å²) in [5, 5.41) is 0.727. The molecule has 0 unspecified atom stereocenters. The van der Waals surface area contributed by atoms with Gasteiger partial charge in [-0.25, -0.2) is 4.98 Å². The topological polar surface area (TPSA) is 32.3 Å². The van der Waals surface area contributed by atoms with Crippen molar-refractivity contribution in [2.45, 2.75) is 163 Å². The average molecular weight is 837 g/mol. The average Bonchev–Trinajstić information content (AvgIpc) is 3.60. The third kappa shape index (κ3) is 8.85. The van der Waals surface area contributed by atoms with E-state index in [1.807, 2.05) is 6.20 Å². The Hall–Kier alpha value is -0.388. The standard InChI is InChI=1S/C13H21BrN2Si.C13H21N2Si.3C4H9.Sn/c1-13(2,3)17(4,5)16-7-6-10-8-11(14)9-15-12(10)16;1-13(2,3)16(4,5)15-10-8-11-7-6-9-14-12(11)15;3*1-3-4-2;/h8-9H,6-7H2,1-5H3;7,9H,8,10H2,1-5H3;3*1,3-4H2,2H3;. The van der Waals surface area contributed by atoms with Gasteiger partial charge < -0.3 is 4.57 Å². The number of hydrogen-bond donors (Lipinski definition) is 0. The quantitative estimate of drug-likeness (QED) is 0.199. The van der Waals surface area contributed by atoms with Gasteiger partial charge in [-0.15, -0.1) is 0 Å². The van der Waals surface area contributed by atoms with Gasteiger partial charge in [-0.3, -0.25) is 0 Å². The predicted molar refractivity (Wildman–Crippen MR) is 217 cm³/mol. The molecule has 8 heteroatoms. The van der Waals surface area contributed by atoms with E-state index in [0.29, 0.717) is 10.1 Å². The Bertz CT molecular complexity index is 1260. The first kappa shape index (κ1) is 40.0. The molecule has 4 heterocycles. The normalized spacial score (nSPS) is 15.5. The van der Waals surface area contributed by atoms with Crippen molar-refractivity contribution >= 4 is 66.0 Å². The first-order valence-corrected chi connectivity index (χ1v) is 32.7. The van der Waals surface area contributed by atoms with Crippen molar-refractivity contribution in [3.05, 3.63) is 40.1 Å². The summed E-state index contributed by atoms with van der Waals surface area (Å²) in [6.45, 7) is 33.7. The van der Waals surface area contributed by atoms with Crippen molar-refractivity contribution < 1.29 is 0 Å². The minimum atomic E-state index is -2.37. The summed E-state index contributed by atoms with van der Waals surface area (Å²) < 4.78 is 12.8. The first-order valence-electron chi connectivity index (χ1n) is 18.6. The molecule has 260 valence electrons. The van der Waals surface area contributed by atoms with Gasteiger partial charge in [0.1, 0.15) is 5.82 Å². The van der Waals surface area contributed by atoms with Crippen LogP contribution in [0.3, 0.4) is 0 Å². The Balaban J connectivity index is 0.000000286. The molecule has 0 spiro atoms. The fourth-order valence-electron chi connectivity index (χ4n) is 7.05. The van der Waals surface area contributed by atoms with Crippen molar-refractivity contribution in [2.24, 2.45) is 0 Å². The summed E-state index contributed by atoms with van der Waals surface area (Å²) in [4.78, 5) is 9.86. The van der Waals surface area contributed by atoms with E-state index in [2.05, 4.69) is 137 Å². The van der Waals surface area contributed by atoms with Crippen molar-refractivity contribution in [3.63, 3.8) is 0 Å². The van der Waals surface area contributed by atoms with Crippen LogP contribution in [0.5, 0.6) is 0 Å². The zero-order chi connectivity index (χ0) is 34.6. The summed E-state index contributed by atoms with van der Waals surface area (Å²) in [5.74, 6) is 2.56. The van der Waals surface area contributed by atoms with Crippen molar-refractivity contribution in [1.82, 2.24) is 9.97 Å². The zero-order valence-electron chi connectivity index (χ0n) is 32.2. The van der Waals surface area contributed by atoms with Crippen LogP contribution in [0.2, 0.25) is 49.6 Å². The third-order valence-electron chi connectivity index (χ3n) is 12.2. The molecule has 4 nitrogen and oxygen atoms in total. The van der Waals surface area contributed by atoms with Crippen LogP contribution in [0.25, 0.3) is 0 Å². The maximum atomic E-state index is 5.22. The number of unbranched alkanes of at least 4 members (excludes halogenated alkanes) is 3. The van der Waals surface area contributed by atoms with E-state index in [1.54, 1.807) is 9.14 Å². The van der Waals surface area contributed by atoms with E-state index >= 15 is 0 Å². The van der Waals surface area contributed by atoms with Gasteiger partial charge in [0.15, 0.2) is 8.24 Å². The van der Waals surface area contributed by atoms with Crippen molar-refractivity contribution in [1.29, 1.82) is 0 Å². The second-order valence-electron chi connectivity index (χ2n) is 17.4. The molecular formula is C38H69BrN4Si2Sn. The van der Waals surface area contributed by atoms with Gasteiger partial charge in [0.25, 0.3) is 0 Å². The molecular weight excluding hydrogens is 767 g/mol. The van der Waals surface area contributed by atoms with Gasteiger partial charge >= 0.3 is 188 Å². The number of anilines is 2. The van der Waals surface area contributed by atoms with Gasteiger partial charge in [0, 0.05) is 17.2 Å². The Morgan fingerprint density at radius 1 is 0.674 bits per heavy atom. The van der Waals surface area contributed by atoms with Crippen LogP contribution in [-0.2, 0) is 12.8 Å². The van der Waals surface area contributed by atoms with Crippen molar-refractivity contribution in [3.8, 4) is 0 Å². The van der Waals surface area contributed by atoms with Gasteiger partial charge in [-0.05, 0) is 39.0 Å². The van der Waals surface area contributed by atoms with Gasteiger partial charge in [0.05, 0.1) is 0 Å². The number of rotatable bonds is 12. The van der Waals surface area contributed by atoms with Crippen LogP contribution in [0.15, 0.2) is 29.0 Å². The van der Waals surface area contributed by atoms with Gasteiger partial charge in [-0.1, -0.05) is 33.9 Å². The molecule has 0 atom stereocenters. The molecule has 2 aliphatic rings. The number of fused-ring (bicyclic) bond motifs is 2. The number of halogens is 1. The van der Waals surface area contributed by atoms with Crippen LogP contribution in [0, 0.1) is 0 Å². The summed E-state index contributed by atoms with van der Waals surface area (Å²) in [6, 6.07) is 4.89. The Kier molecular flexibility index (Phi) is 14.0. The van der Waals surface area contributed by atoms with E-state index in [0.717, 1.165) is 17.4 Å². The maximum absolute atomic E-state index is 5.22. The Labute approximate surface area is 299 Å². The second-order valence-corrected chi connectivity index (χ2v) is 41.8. The first-order chi connectivity index (χ1) is 21.4. The molecule has 46 heavy (non-hydrogen) atoms. The van der Waals surface area contributed by atoms with E-state index in [4.69, 9.17) is 4.98 Å². The van der Waals surface area contributed by atoms with Crippen LogP contribution >= 0.6 is 15.9 Å². The summed E-state index contributed by atoms with van der Waals surface area (Å²) in [7, 11) is -3.05. The van der Waals surface area contributed by atoms with E-state index in [1.165, 1.54) is 82.0 Å². The van der Waals surface area contributed by atoms with Gasteiger partial charge in [-0.2, -0.15) is 0 Å². The minimum absolute atomic E-state index is 0.362. The fraction of sp³-hybridized carbons (Fsp3) is 0.737. The summed E-state index contributed by atoms with van der Waals surface area (Å²) >= 11 is 1.14. The molecule has 2 aliphatic heterocycles. The molecule has 0 radical (unpaired) electrons. The monoisotopic (exact) mass is 836 g/mol. The van der Waals surface area contributed by atoms with Crippen molar-refractivity contribution in [2.75, 3.05) is 22.2 Å². The molecule has 0 N–H and O–H groups in total. The molecule has 4 rings (SSSR count). The molecule has 0 saturated carbocycles. The molecule has 0 aromatic carbocycles. The summed E-state index contributed by atoms with van der Waals surface area (Å²) in [5.41, 5.74) is 2.96. The molecule has 0 bridgehead atoms. The van der Waals surface area contributed by atoms with Crippen LogP contribution in [-0.4, -0.2) is 57.9 Å². The van der Waals surface area contributed by atoms with Crippen LogP contribution in [0.1, 0.15) is 112 Å². The van der Waals surface area contributed by atoms with Crippen LogP contribution < -0.4 is 12.7 Å². The predicted octanol–water partition coefficient (Wildman–Crippen LogP) is 11.7. The van der Waals surface area contributed by atoms with E-state index in [9.17, 15) is 0 Å². The molecule has 0 amide bonds. The third-order valence-corrected chi connectivity index (χ3v) is 39.1. The van der Waals surface area contributed by atoms with Crippen LogP contribution in [0.4, 0.5) is 11.6 Å². The summed E-state index contributed by atoms with van der Waals surface area (Å²) in [6.07, 6.45) is 14.9. The second kappa shape index (κ2) is 16.1. The number of pyridine rings is 2. The number of hydrogen-bond acceptors (Lipinski definition) is 4. The SMILES string of the molecule is CC(C)(C)[Si](C)(C)N1CCc2cc(Br)cnc21.CCC[CH2][Sn]([CH2]CCC)([CH2]CCC)[c]1cnc2c(c1)CCN2[Si](C)(C)C(C)(C)C. The molecule has 0 aliphatic carbocycles. The van der Waals surface area contributed by atoms with Gasteiger partial charge in [0.2, 0.25) is 0 Å². The fourth-order valence-corrected chi connectivity index (χ4v) is 27.6.